The summed E-state index contributed by atoms with van der Waals surface area (Å²) in [5.41, 5.74) is -1.69. The Morgan fingerprint density at radius 3 is 2.27 bits per heavy atom. The molecule has 1 aromatic carbocycles. The van der Waals surface area contributed by atoms with Crippen LogP contribution in [0.3, 0.4) is 0 Å². The molecule has 0 aromatic heterocycles. The lowest BCUT2D eigenvalue weighted by Gasteiger charge is -2.53. The van der Waals surface area contributed by atoms with E-state index in [-0.39, 0.29) is 24.7 Å². The summed E-state index contributed by atoms with van der Waals surface area (Å²) >= 11 is 0. The molecule has 1 saturated carbocycles. The smallest absolute Gasteiger partial charge is 0.411 e. The number of nitrogens with zero attached hydrogens (tertiary/aromatic N) is 1. The molecular weight excluding hydrogens is 595 g/mol. The molecule has 0 unspecified atom stereocenters. The highest BCUT2D eigenvalue weighted by molar-refractivity contribution is 5.87. The second kappa shape index (κ2) is 11.9. The van der Waals surface area contributed by atoms with Gasteiger partial charge in [0.15, 0.2) is 5.79 Å². The highest BCUT2D eigenvalue weighted by atomic mass is 19.2. The Morgan fingerprint density at radius 2 is 1.64 bits per heavy atom. The van der Waals surface area contributed by atoms with Gasteiger partial charge < -0.3 is 24.3 Å². The number of unbranched alkanes of at least 4 members (excludes halogenated alkanes) is 1. The Balaban J connectivity index is 1.31. The summed E-state index contributed by atoms with van der Waals surface area (Å²) in [6, 6.07) is -1.11. The Labute approximate surface area is 251 Å². The number of rotatable bonds is 6. The van der Waals surface area contributed by atoms with E-state index in [2.05, 4.69) is 10.1 Å². The van der Waals surface area contributed by atoms with Gasteiger partial charge in [-0.25, -0.2) is 18.0 Å². The SMILES string of the molecule is CC(C)(C)OC(=O)N1[C@H]2CC3(C[C@@H]4CCNC(=O)[C@@]42C[C@@H]1/C=C\CCCC(=O)Oc1c(F)c(F)c(F)c(F)c1F)OCCO3. The van der Waals surface area contributed by atoms with E-state index in [1.807, 2.05) is 0 Å². The molecule has 242 valence electrons. The molecule has 4 aliphatic rings. The molecule has 3 saturated heterocycles. The normalized spacial score (nSPS) is 27.8. The number of piperidine rings is 1. The predicted molar refractivity (Wildman–Crippen MR) is 143 cm³/mol. The van der Waals surface area contributed by atoms with Gasteiger partial charge in [-0.2, -0.15) is 8.78 Å². The van der Waals surface area contributed by atoms with Gasteiger partial charge in [0.2, 0.25) is 40.7 Å². The first kappa shape index (κ1) is 32.1. The third-order valence-electron chi connectivity index (χ3n) is 8.74. The van der Waals surface area contributed by atoms with Crippen LogP contribution in [0.4, 0.5) is 26.7 Å². The van der Waals surface area contributed by atoms with E-state index in [0.29, 0.717) is 45.4 Å². The van der Waals surface area contributed by atoms with Gasteiger partial charge in [-0.15, -0.1) is 0 Å². The molecule has 4 atom stereocenters. The zero-order valence-corrected chi connectivity index (χ0v) is 24.7. The van der Waals surface area contributed by atoms with Crippen molar-refractivity contribution >= 4 is 18.0 Å². The number of carbonyl (C=O) groups is 3. The van der Waals surface area contributed by atoms with Gasteiger partial charge in [0.1, 0.15) is 5.60 Å². The molecule has 3 heterocycles. The molecule has 0 bridgehead atoms. The summed E-state index contributed by atoms with van der Waals surface area (Å²) in [7, 11) is 0. The summed E-state index contributed by atoms with van der Waals surface area (Å²) in [4.78, 5) is 41.0. The predicted octanol–water partition coefficient (Wildman–Crippen LogP) is 5.05. The maximum Gasteiger partial charge on any atom is 0.411 e. The van der Waals surface area contributed by atoms with Crippen molar-refractivity contribution in [3.05, 3.63) is 41.2 Å². The maximum atomic E-state index is 13.9. The minimum Gasteiger partial charge on any atom is -0.444 e. The molecule has 1 aliphatic carbocycles. The van der Waals surface area contributed by atoms with E-state index in [1.165, 1.54) is 0 Å². The molecule has 9 nitrogen and oxygen atoms in total. The van der Waals surface area contributed by atoms with Gasteiger partial charge in [-0.1, -0.05) is 12.2 Å². The molecular formula is C30H35F5N2O7. The zero-order chi connectivity index (χ0) is 32.0. The highest BCUT2D eigenvalue weighted by Crippen LogP contribution is 2.59. The number of ether oxygens (including phenoxy) is 4. The Hall–Kier alpha value is -3.26. The molecule has 44 heavy (non-hydrogen) atoms. The molecule has 14 heteroatoms. The summed E-state index contributed by atoms with van der Waals surface area (Å²) in [6.45, 7) is 6.57. The maximum absolute atomic E-state index is 13.9. The first-order chi connectivity index (χ1) is 20.7. The van der Waals surface area contributed by atoms with Crippen LogP contribution in [0.2, 0.25) is 0 Å². The van der Waals surface area contributed by atoms with Crippen molar-refractivity contribution in [2.75, 3.05) is 19.8 Å². The van der Waals surface area contributed by atoms with Crippen LogP contribution in [0, 0.1) is 40.4 Å². The number of allylic oxidation sites excluding steroid dienone is 1. The number of carbonyl (C=O) groups excluding carboxylic acids is 3. The number of benzene rings is 1. The molecule has 0 radical (unpaired) electrons. The fraction of sp³-hybridized carbons (Fsp3) is 0.633. The number of esters is 1. The van der Waals surface area contributed by atoms with Crippen molar-refractivity contribution in [1.29, 1.82) is 0 Å². The topological polar surface area (TPSA) is 103 Å². The summed E-state index contributed by atoms with van der Waals surface area (Å²) in [6.07, 6.45) is 4.68. The number of halogens is 5. The van der Waals surface area contributed by atoms with Crippen LogP contribution in [0.1, 0.15) is 65.7 Å². The third-order valence-corrected chi connectivity index (χ3v) is 8.74. The Morgan fingerprint density at radius 1 is 1.00 bits per heavy atom. The monoisotopic (exact) mass is 630 g/mol. The lowest BCUT2D eigenvalue weighted by atomic mass is 9.58. The zero-order valence-electron chi connectivity index (χ0n) is 24.7. The van der Waals surface area contributed by atoms with E-state index in [4.69, 9.17) is 14.2 Å². The van der Waals surface area contributed by atoms with Crippen LogP contribution in [-0.2, 0) is 23.8 Å². The Kier molecular flexibility index (Phi) is 8.71. The second-order valence-electron chi connectivity index (χ2n) is 12.7. The minimum atomic E-state index is -2.35. The fourth-order valence-corrected chi connectivity index (χ4v) is 6.96. The lowest BCUT2D eigenvalue weighted by Crippen LogP contribution is -2.64. The van der Waals surface area contributed by atoms with Crippen molar-refractivity contribution in [3.8, 4) is 5.75 Å². The average Bonchev–Trinajstić information content (AvgIpc) is 3.54. The summed E-state index contributed by atoms with van der Waals surface area (Å²) in [5, 5.41) is 2.98. The first-order valence-electron chi connectivity index (χ1n) is 14.7. The van der Waals surface area contributed by atoms with E-state index in [0.717, 1.165) is 0 Å². The van der Waals surface area contributed by atoms with E-state index >= 15 is 0 Å². The quantitative estimate of drug-likeness (QED) is 0.0893. The number of likely N-dealkylation sites (tertiary alicyclic amines) is 1. The van der Waals surface area contributed by atoms with E-state index in [1.54, 1.807) is 37.8 Å². The molecule has 2 spiro atoms. The largest absolute Gasteiger partial charge is 0.444 e. The van der Waals surface area contributed by atoms with Gasteiger partial charge in [-0.05, 0) is 52.4 Å². The Bertz CT molecular complexity index is 1330. The van der Waals surface area contributed by atoms with Gasteiger partial charge >= 0.3 is 12.1 Å². The van der Waals surface area contributed by atoms with Crippen LogP contribution < -0.4 is 10.1 Å². The van der Waals surface area contributed by atoms with Crippen molar-refractivity contribution in [2.45, 2.75) is 89.2 Å². The molecule has 4 fully saturated rings. The standard InChI is InChI=1S/C30H35F5N2O7/c1-28(2,3)44-27(40)37-17(7-5-4-6-8-19(38)43-25-23(34)21(32)20(31)22(33)24(25)35)14-30-16(9-10-36-26(30)39)13-29(15-18(30)37)41-11-12-42-29/h5,7,16-18H,4,6,8-15H2,1-3H3,(H,36,39)/b7-5-/t16-,17-,18-,30-/m0/s1. The number of nitrogens with one attached hydrogen (secondary N) is 1. The molecule has 1 aromatic rings. The first-order valence-corrected chi connectivity index (χ1v) is 14.7. The average molecular weight is 631 g/mol. The van der Waals surface area contributed by atoms with E-state index < -0.39 is 82.2 Å². The van der Waals surface area contributed by atoms with Crippen LogP contribution in [0.15, 0.2) is 12.2 Å². The number of amides is 2. The van der Waals surface area contributed by atoms with Crippen molar-refractivity contribution in [2.24, 2.45) is 11.3 Å². The molecule has 2 amide bonds. The fourth-order valence-electron chi connectivity index (χ4n) is 6.96. The van der Waals surface area contributed by atoms with Crippen molar-refractivity contribution < 1.29 is 55.3 Å². The number of hydrogen-bond donors (Lipinski definition) is 1. The van der Waals surface area contributed by atoms with Gasteiger partial charge in [-0.3, -0.25) is 14.5 Å². The van der Waals surface area contributed by atoms with Gasteiger partial charge in [0.25, 0.3) is 0 Å². The van der Waals surface area contributed by atoms with Gasteiger partial charge in [0.05, 0.1) is 30.7 Å². The molecule has 1 N–H and O–H groups in total. The van der Waals surface area contributed by atoms with Crippen LogP contribution >= 0.6 is 0 Å². The highest BCUT2D eigenvalue weighted by Gasteiger charge is 2.68. The van der Waals surface area contributed by atoms with Crippen LogP contribution in [0.25, 0.3) is 0 Å². The van der Waals surface area contributed by atoms with Crippen LogP contribution in [-0.4, -0.2) is 66.1 Å². The van der Waals surface area contributed by atoms with E-state index in [9.17, 15) is 36.3 Å². The van der Waals surface area contributed by atoms with Gasteiger partial charge in [0, 0.05) is 25.8 Å². The molecule has 3 aliphatic heterocycles. The summed E-state index contributed by atoms with van der Waals surface area (Å²) < 4.78 is 90.1. The second-order valence-corrected chi connectivity index (χ2v) is 12.7. The van der Waals surface area contributed by atoms with Crippen LogP contribution in [0.5, 0.6) is 5.75 Å². The van der Waals surface area contributed by atoms with Crippen molar-refractivity contribution in [3.63, 3.8) is 0 Å². The number of hydrogen-bond acceptors (Lipinski definition) is 7. The third kappa shape index (κ3) is 5.78. The van der Waals surface area contributed by atoms with Crippen molar-refractivity contribution in [1.82, 2.24) is 10.2 Å². The lowest BCUT2D eigenvalue weighted by molar-refractivity contribution is -0.220. The molecule has 5 rings (SSSR count). The summed E-state index contributed by atoms with van der Waals surface area (Å²) in [5.74, 6) is -15.2. The minimum absolute atomic E-state index is 0.104.